The number of piperidine rings is 1. The van der Waals surface area contributed by atoms with Crippen molar-refractivity contribution in [1.29, 1.82) is 0 Å². The van der Waals surface area contributed by atoms with Crippen LogP contribution >= 0.6 is 0 Å². The van der Waals surface area contributed by atoms with Crippen LogP contribution in [0.5, 0.6) is 0 Å². The van der Waals surface area contributed by atoms with Crippen molar-refractivity contribution in [3.8, 4) is 0 Å². The minimum Gasteiger partial charge on any atom is -0.465 e. The van der Waals surface area contributed by atoms with Crippen LogP contribution in [0.4, 0.5) is 4.79 Å². The van der Waals surface area contributed by atoms with Crippen LogP contribution in [-0.2, 0) is 4.74 Å². The smallest absolute Gasteiger partial charge is 0.407 e. The topological polar surface area (TPSA) is 65.0 Å². The lowest BCUT2D eigenvalue weighted by Gasteiger charge is -2.32. The minimum atomic E-state index is -0.797. The van der Waals surface area contributed by atoms with Gasteiger partial charge in [-0.2, -0.15) is 0 Å². The van der Waals surface area contributed by atoms with Gasteiger partial charge in [0.1, 0.15) is 0 Å². The van der Waals surface area contributed by atoms with E-state index in [0.29, 0.717) is 19.1 Å². The van der Waals surface area contributed by atoms with E-state index in [-0.39, 0.29) is 0 Å². The number of likely N-dealkylation sites (tertiary alicyclic amines) is 1. The molecular weight excluding hydrogens is 234 g/mol. The van der Waals surface area contributed by atoms with E-state index in [1.54, 1.807) is 0 Å². The van der Waals surface area contributed by atoms with E-state index in [1.165, 1.54) is 4.90 Å². The van der Waals surface area contributed by atoms with Crippen molar-refractivity contribution in [1.82, 2.24) is 15.1 Å². The highest BCUT2D eigenvalue weighted by Gasteiger charge is 2.22. The maximum absolute atomic E-state index is 10.9. The minimum absolute atomic E-state index is 0.316. The summed E-state index contributed by atoms with van der Waals surface area (Å²) in [4.78, 5) is 14.8. The number of carbonyl (C=O) groups is 1. The Morgan fingerprint density at radius 3 is 2.83 bits per heavy atom. The molecule has 6 heteroatoms. The molecule has 104 valence electrons. The molecule has 0 aromatic heterocycles. The zero-order chi connectivity index (χ0) is 12.8. The average Bonchev–Trinajstić information content (AvgIpc) is 2.40. The van der Waals surface area contributed by atoms with E-state index < -0.39 is 6.09 Å². The second-order valence-electron chi connectivity index (χ2n) is 4.98. The number of nitrogens with zero attached hydrogens (tertiary/aromatic N) is 2. The Morgan fingerprint density at radius 1 is 1.33 bits per heavy atom. The Balaban J connectivity index is 1.62. The lowest BCUT2D eigenvalue weighted by Crippen LogP contribution is -2.49. The first-order valence-corrected chi connectivity index (χ1v) is 6.77. The third-order valence-electron chi connectivity index (χ3n) is 3.66. The molecule has 0 bridgehead atoms. The fourth-order valence-corrected chi connectivity index (χ4v) is 2.57. The van der Waals surface area contributed by atoms with E-state index >= 15 is 0 Å². The molecule has 2 aliphatic heterocycles. The zero-order valence-electron chi connectivity index (χ0n) is 10.8. The van der Waals surface area contributed by atoms with E-state index in [1.807, 2.05) is 0 Å². The van der Waals surface area contributed by atoms with E-state index in [4.69, 9.17) is 9.84 Å². The Hall–Kier alpha value is -0.850. The van der Waals surface area contributed by atoms with Gasteiger partial charge < -0.3 is 20.1 Å². The molecule has 0 aromatic rings. The molecule has 2 heterocycles. The molecule has 2 rings (SSSR count). The van der Waals surface area contributed by atoms with Crippen LogP contribution < -0.4 is 5.32 Å². The third-order valence-corrected chi connectivity index (χ3v) is 3.66. The monoisotopic (exact) mass is 257 g/mol. The molecule has 0 aromatic carbocycles. The Bertz CT molecular complexity index is 269. The van der Waals surface area contributed by atoms with Gasteiger partial charge in [0.25, 0.3) is 0 Å². The summed E-state index contributed by atoms with van der Waals surface area (Å²) in [6.45, 7) is 6.92. The van der Waals surface area contributed by atoms with Gasteiger partial charge in [-0.05, 0) is 12.8 Å². The van der Waals surface area contributed by atoms with Gasteiger partial charge in [0.2, 0.25) is 0 Å². The molecule has 1 amide bonds. The standard InChI is InChI=1S/C12H23N3O3/c16-12(17)15-4-1-2-11(10-15)13-3-5-14-6-8-18-9-7-14/h11,13H,1-10H2,(H,16,17). The number of nitrogens with one attached hydrogen (secondary N) is 1. The van der Waals surface area contributed by atoms with Crippen molar-refractivity contribution in [3.63, 3.8) is 0 Å². The second kappa shape index (κ2) is 6.92. The van der Waals surface area contributed by atoms with E-state index in [2.05, 4.69) is 10.2 Å². The molecule has 1 atom stereocenters. The SMILES string of the molecule is O=C(O)N1CCCC(NCCN2CCOCC2)C1. The van der Waals surface area contributed by atoms with Gasteiger partial charge in [-0.3, -0.25) is 4.90 Å². The van der Waals surface area contributed by atoms with Crippen LogP contribution in [0, 0.1) is 0 Å². The van der Waals surface area contributed by atoms with Crippen molar-refractivity contribution in [2.24, 2.45) is 0 Å². The predicted molar refractivity (Wildman–Crippen MR) is 67.9 cm³/mol. The normalized spacial score (nSPS) is 26.2. The highest BCUT2D eigenvalue weighted by Crippen LogP contribution is 2.09. The number of carboxylic acid groups (broad SMARTS) is 1. The van der Waals surface area contributed by atoms with Crippen LogP contribution in [0.15, 0.2) is 0 Å². The fourth-order valence-electron chi connectivity index (χ4n) is 2.57. The molecule has 0 saturated carbocycles. The number of amides is 1. The molecule has 0 radical (unpaired) electrons. The van der Waals surface area contributed by atoms with Crippen LogP contribution in [0.2, 0.25) is 0 Å². The summed E-state index contributed by atoms with van der Waals surface area (Å²) in [5.41, 5.74) is 0. The Morgan fingerprint density at radius 2 is 2.11 bits per heavy atom. The first kappa shape index (κ1) is 13.6. The number of hydrogen-bond donors (Lipinski definition) is 2. The predicted octanol–water partition coefficient (Wildman–Crippen LogP) is 0.0506. The van der Waals surface area contributed by atoms with Crippen LogP contribution in [0.3, 0.4) is 0 Å². The summed E-state index contributed by atoms with van der Waals surface area (Å²) < 4.78 is 5.30. The van der Waals surface area contributed by atoms with E-state index in [0.717, 1.165) is 52.2 Å². The zero-order valence-corrected chi connectivity index (χ0v) is 10.8. The molecule has 6 nitrogen and oxygen atoms in total. The summed E-state index contributed by atoms with van der Waals surface area (Å²) in [7, 11) is 0. The molecule has 1 unspecified atom stereocenters. The molecule has 2 fully saturated rings. The number of hydrogen-bond acceptors (Lipinski definition) is 4. The highest BCUT2D eigenvalue weighted by molar-refractivity contribution is 5.65. The van der Waals surface area contributed by atoms with Crippen molar-refractivity contribution < 1.29 is 14.6 Å². The first-order valence-electron chi connectivity index (χ1n) is 6.77. The molecular formula is C12H23N3O3. The molecule has 18 heavy (non-hydrogen) atoms. The lowest BCUT2D eigenvalue weighted by molar-refractivity contribution is 0.0377. The van der Waals surface area contributed by atoms with Gasteiger partial charge in [-0.15, -0.1) is 0 Å². The first-order chi connectivity index (χ1) is 8.75. The van der Waals surface area contributed by atoms with Crippen LogP contribution in [-0.4, -0.2) is 79.5 Å². The molecule has 2 saturated heterocycles. The highest BCUT2D eigenvalue weighted by atomic mass is 16.5. The molecule has 2 N–H and O–H groups in total. The summed E-state index contributed by atoms with van der Waals surface area (Å²) in [6.07, 6.45) is 1.24. The fraction of sp³-hybridized carbons (Fsp3) is 0.917. The number of ether oxygens (including phenoxy) is 1. The summed E-state index contributed by atoms with van der Waals surface area (Å²) in [5, 5.41) is 12.4. The van der Waals surface area contributed by atoms with Crippen molar-refractivity contribution in [3.05, 3.63) is 0 Å². The van der Waals surface area contributed by atoms with Gasteiger partial charge in [0, 0.05) is 45.3 Å². The number of rotatable bonds is 4. The quantitative estimate of drug-likeness (QED) is 0.745. The molecule has 2 aliphatic rings. The largest absolute Gasteiger partial charge is 0.465 e. The maximum Gasteiger partial charge on any atom is 0.407 e. The average molecular weight is 257 g/mol. The van der Waals surface area contributed by atoms with Crippen molar-refractivity contribution in [2.45, 2.75) is 18.9 Å². The summed E-state index contributed by atoms with van der Waals surface area (Å²) in [6, 6.07) is 0.316. The van der Waals surface area contributed by atoms with Gasteiger partial charge in [-0.1, -0.05) is 0 Å². The molecule has 0 aliphatic carbocycles. The van der Waals surface area contributed by atoms with Gasteiger partial charge in [0.05, 0.1) is 13.2 Å². The van der Waals surface area contributed by atoms with Gasteiger partial charge >= 0.3 is 6.09 Å². The van der Waals surface area contributed by atoms with Crippen LogP contribution in [0.1, 0.15) is 12.8 Å². The summed E-state index contributed by atoms with van der Waals surface area (Å²) >= 11 is 0. The van der Waals surface area contributed by atoms with Gasteiger partial charge in [-0.25, -0.2) is 4.79 Å². The van der Waals surface area contributed by atoms with Crippen molar-refractivity contribution in [2.75, 3.05) is 52.5 Å². The second-order valence-corrected chi connectivity index (χ2v) is 4.98. The molecule has 0 spiro atoms. The van der Waals surface area contributed by atoms with Crippen LogP contribution in [0.25, 0.3) is 0 Å². The summed E-state index contributed by atoms with van der Waals surface area (Å²) in [5.74, 6) is 0. The Labute approximate surface area is 108 Å². The third kappa shape index (κ3) is 4.12. The van der Waals surface area contributed by atoms with E-state index in [9.17, 15) is 4.79 Å². The Kier molecular flexibility index (Phi) is 5.22. The lowest BCUT2D eigenvalue weighted by atomic mass is 10.1. The van der Waals surface area contributed by atoms with Crippen molar-refractivity contribution >= 4 is 6.09 Å². The number of morpholine rings is 1. The van der Waals surface area contributed by atoms with Gasteiger partial charge in [0.15, 0.2) is 0 Å². The maximum atomic E-state index is 10.9.